The molecule has 7 heteroatoms. The van der Waals surface area contributed by atoms with Crippen LogP contribution >= 0.6 is 0 Å². The van der Waals surface area contributed by atoms with E-state index in [0.29, 0.717) is 24.6 Å². The molecule has 4 rings (SSSR count). The van der Waals surface area contributed by atoms with Crippen molar-refractivity contribution in [2.75, 3.05) is 39.4 Å². The van der Waals surface area contributed by atoms with Crippen LogP contribution in [-0.4, -0.2) is 67.9 Å². The Bertz CT molecular complexity index is 908. The first-order valence-electron chi connectivity index (χ1n) is 13.9. The van der Waals surface area contributed by atoms with Crippen LogP contribution in [0.25, 0.3) is 0 Å². The molecule has 0 radical (unpaired) electrons. The molecule has 198 valence electrons. The lowest BCUT2D eigenvalue weighted by atomic mass is 9.80. The maximum Gasteiger partial charge on any atom is 0.251 e. The second-order valence-electron chi connectivity index (χ2n) is 11.2. The van der Waals surface area contributed by atoms with E-state index in [1.54, 1.807) is 0 Å². The molecule has 2 saturated heterocycles. The summed E-state index contributed by atoms with van der Waals surface area (Å²) in [6.07, 6.45) is 7.41. The van der Waals surface area contributed by atoms with Crippen LogP contribution in [0, 0.1) is 17.8 Å². The number of amides is 2. The molecule has 2 heterocycles. The third kappa shape index (κ3) is 6.94. The Labute approximate surface area is 215 Å². The van der Waals surface area contributed by atoms with Crippen molar-refractivity contribution >= 4 is 17.6 Å². The van der Waals surface area contributed by atoms with Gasteiger partial charge in [-0.2, -0.15) is 0 Å². The van der Waals surface area contributed by atoms with Gasteiger partial charge in [0.05, 0.1) is 25.8 Å². The number of carbonyl (C=O) groups excluding carboxylic acids is 3. The van der Waals surface area contributed by atoms with Crippen LogP contribution in [0.1, 0.15) is 80.6 Å². The molecule has 0 aromatic heterocycles. The molecule has 36 heavy (non-hydrogen) atoms. The molecule has 0 spiro atoms. The topological polar surface area (TPSA) is 87.7 Å². The summed E-state index contributed by atoms with van der Waals surface area (Å²) in [5.41, 5.74) is 1.68. The van der Waals surface area contributed by atoms with E-state index in [9.17, 15) is 14.4 Å². The number of ketones is 1. The van der Waals surface area contributed by atoms with E-state index in [0.717, 1.165) is 70.4 Å². The van der Waals surface area contributed by atoms with Gasteiger partial charge in [0.15, 0.2) is 5.78 Å². The molecule has 2 unspecified atom stereocenters. The van der Waals surface area contributed by atoms with Crippen LogP contribution < -0.4 is 10.6 Å². The number of rotatable bonds is 10. The summed E-state index contributed by atoms with van der Waals surface area (Å²) in [4.78, 5) is 41.0. The number of ether oxygens (including phenoxy) is 1. The lowest BCUT2D eigenvalue weighted by Crippen LogP contribution is -2.48. The van der Waals surface area contributed by atoms with Crippen LogP contribution in [-0.2, 0) is 14.3 Å². The molecular formula is C29H43N3O4. The fourth-order valence-corrected chi connectivity index (χ4v) is 5.78. The molecule has 2 N–H and O–H groups in total. The zero-order valence-corrected chi connectivity index (χ0v) is 22.0. The summed E-state index contributed by atoms with van der Waals surface area (Å²) in [5.74, 6) is 0.947. The van der Waals surface area contributed by atoms with E-state index < -0.39 is 6.04 Å². The third-order valence-corrected chi connectivity index (χ3v) is 8.09. The van der Waals surface area contributed by atoms with Crippen LogP contribution in [0.2, 0.25) is 0 Å². The average molecular weight is 498 g/mol. The van der Waals surface area contributed by atoms with Crippen LogP contribution in [0.3, 0.4) is 0 Å². The number of piperidine rings is 1. The predicted molar refractivity (Wildman–Crippen MR) is 140 cm³/mol. The Morgan fingerprint density at radius 2 is 1.83 bits per heavy atom. The van der Waals surface area contributed by atoms with Crippen LogP contribution in [0.5, 0.6) is 0 Å². The Morgan fingerprint density at radius 3 is 2.53 bits per heavy atom. The summed E-state index contributed by atoms with van der Waals surface area (Å²) in [6, 6.07) is 7.36. The van der Waals surface area contributed by atoms with Gasteiger partial charge in [-0.3, -0.25) is 14.4 Å². The summed E-state index contributed by atoms with van der Waals surface area (Å²) in [7, 11) is 0. The SMILES string of the molecule is CC(C)C(=O)C(NC(=O)c1cccc(C2CCCN(C(=O)CNCC3COC3)C2)c1)C1CCCCC1. The Kier molecular flexibility index (Phi) is 9.54. The molecule has 1 saturated carbocycles. The summed E-state index contributed by atoms with van der Waals surface area (Å²) < 4.78 is 5.19. The Balaban J connectivity index is 1.37. The van der Waals surface area contributed by atoms with E-state index in [4.69, 9.17) is 4.74 Å². The van der Waals surface area contributed by atoms with Gasteiger partial charge in [-0.1, -0.05) is 45.2 Å². The Morgan fingerprint density at radius 1 is 1.06 bits per heavy atom. The van der Waals surface area contributed by atoms with Crippen molar-refractivity contribution in [2.45, 2.75) is 70.8 Å². The van der Waals surface area contributed by atoms with Crippen LogP contribution in [0.4, 0.5) is 0 Å². The van der Waals surface area contributed by atoms with Crippen molar-refractivity contribution in [3.8, 4) is 0 Å². The minimum atomic E-state index is -0.414. The third-order valence-electron chi connectivity index (χ3n) is 8.09. The van der Waals surface area contributed by atoms with Gasteiger partial charge >= 0.3 is 0 Å². The first-order chi connectivity index (χ1) is 17.4. The molecule has 0 bridgehead atoms. The molecule has 2 atom stereocenters. The van der Waals surface area contributed by atoms with Gasteiger partial charge in [-0.25, -0.2) is 0 Å². The number of hydrogen-bond acceptors (Lipinski definition) is 5. The number of benzene rings is 1. The zero-order chi connectivity index (χ0) is 25.5. The first-order valence-corrected chi connectivity index (χ1v) is 13.9. The van der Waals surface area contributed by atoms with E-state index in [2.05, 4.69) is 16.7 Å². The summed E-state index contributed by atoms with van der Waals surface area (Å²) in [5, 5.41) is 6.39. The molecule has 1 aromatic rings. The van der Waals surface area contributed by atoms with Crippen molar-refractivity contribution in [3.05, 3.63) is 35.4 Å². The van der Waals surface area contributed by atoms with Gasteiger partial charge in [-0.05, 0) is 49.3 Å². The molecule has 3 aliphatic rings. The summed E-state index contributed by atoms with van der Waals surface area (Å²) >= 11 is 0. The average Bonchev–Trinajstić information content (AvgIpc) is 2.88. The van der Waals surface area contributed by atoms with Crippen molar-refractivity contribution < 1.29 is 19.1 Å². The minimum Gasteiger partial charge on any atom is -0.381 e. The predicted octanol–water partition coefficient (Wildman–Crippen LogP) is 3.53. The zero-order valence-electron chi connectivity index (χ0n) is 22.0. The van der Waals surface area contributed by atoms with E-state index >= 15 is 0 Å². The Hall–Kier alpha value is -2.25. The maximum absolute atomic E-state index is 13.3. The molecule has 2 amide bonds. The number of hydrogen-bond donors (Lipinski definition) is 2. The largest absolute Gasteiger partial charge is 0.381 e. The summed E-state index contributed by atoms with van der Waals surface area (Å²) in [6.45, 7) is 8.03. The van der Waals surface area contributed by atoms with Gasteiger partial charge < -0.3 is 20.3 Å². The van der Waals surface area contributed by atoms with Gasteiger partial charge in [0.25, 0.3) is 5.91 Å². The second-order valence-corrected chi connectivity index (χ2v) is 11.2. The molecule has 1 aliphatic carbocycles. The quantitative estimate of drug-likeness (QED) is 0.516. The molecule has 7 nitrogen and oxygen atoms in total. The monoisotopic (exact) mass is 497 g/mol. The fraction of sp³-hybridized carbons (Fsp3) is 0.690. The smallest absolute Gasteiger partial charge is 0.251 e. The highest BCUT2D eigenvalue weighted by Crippen LogP contribution is 2.30. The lowest BCUT2D eigenvalue weighted by Gasteiger charge is -2.34. The number of carbonyl (C=O) groups is 3. The highest BCUT2D eigenvalue weighted by Gasteiger charge is 2.32. The number of likely N-dealkylation sites (tertiary alicyclic amines) is 1. The normalized spacial score (nSPS) is 22.2. The number of nitrogens with zero attached hydrogens (tertiary/aromatic N) is 1. The van der Waals surface area contributed by atoms with Crippen molar-refractivity contribution in [3.63, 3.8) is 0 Å². The number of nitrogens with one attached hydrogen (secondary N) is 2. The van der Waals surface area contributed by atoms with Crippen molar-refractivity contribution in [1.29, 1.82) is 0 Å². The highest BCUT2D eigenvalue weighted by atomic mass is 16.5. The van der Waals surface area contributed by atoms with E-state index in [-0.39, 0.29) is 35.4 Å². The van der Waals surface area contributed by atoms with Gasteiger partial charge in [0.1, 0.15) is 0 Å². The van der Waals surface area contributed by atoms with Crippen molar-refractivity contribution in [2.24, 2.45) is 17.8 Å². The standard InChI is InChI=1S/C29H43N3O4/c1-20(2)28(34)27(22-8-4-3-5-9-22)31-29(35)24-11-6-10-23(14-24)25-12-7-13-32(17-25)26(33)16-30-15-21-18-36-19-21/h6,10-11,14,20-22,25,27,30H,3-5,7-9,12-13,15-19H2,1-2H3,(H,31,35). The lowest BCUT2D eigenvalue weighted by molar-refractivity contribution is -0.131. The van der Waals surface area contributed by atoms with Gasteiger partial charge in [0, 0.05) is 43.0 Å². The molecule has 1 aromatic carbocycles. The molecule has 3 fully saturated rings. The fourth-order valence-electron chi connectivity index (χ4n) is 5.78. The van der Waals surface area contributed by atoms with Gasteiger partial charge in [0.2, 0.25) is 5.91 Å². The van der Waals surface area contributed by atoms with Crippen molar-refractivity contribution in [1.82, 2.24) is 15.5 Å². The molecular weight excluding hydrogens is 454 g/mol. The van der Waals surface area contributed by atoms with E-state index in [1.807, 2.05) is 36.9 Å². The van der Waals surface area contributed by atoms with Crippen LogP contribution in [0.15, 0.2) is 24.3 Å². The van der Waals surface area contributed by atoms with E-state index in [1.165, 1.54) is 6.42 Å². The minimum absolute atomic E-state index is 0.106. The first kappa shape index (κ1) is 26.8. The highest BCUT2D eigenvalue weighted by molar-refractivity contribution is 5.98. The maximum atomic E-state index is 13.3. The van der Waals surface area contributed by atoms with Gasteiger partial charge in [-0.15, -0.1) is 0 Å². The molecule has 2 aliphatic heterocycles. The second kappa shape index (κ2) is 12.8. The number of Topliss-reactive ketones (excluding diaryl/α,β-unsaturated/α-hetero) is 1.